The van der Waals surface area contributed by atoms with Gasteiger partial charge in [0.15, 0.2) is 0 Å². The molecule has 0 amide bonds. The number of nitrogens with zero attached hydrogens (tertiary/aromatic N) is 3. The number of aromatic nitrogens is 2. The molecule has 0 bridgehead atoms. The molecule has 0 saturated heterocycles. The second-order valence-electron chi connectivity index (χ2n) is 4.66. The van der Waals surface area contributed by atoms with Gasteiger partial charge < -0.3 is 0 Å². The SMILES string of the molecule is CN(C1CCCCC1)S(=O)(=O)c1cnn(C)c1. The lowest BCUT2D eigenvalue weighted by Crippen LogP contribution is -2.38. The first-order chi connectivity index (χ1) is 8.01. The smallest absolute Gasteiger partial charge is 0.246 e. The predicted molar refractivity (Wildman–Crippen MR) is 65.0 cm³/mol. The van der Waals surface area contributed by atoms with E-state index in [1.165, 1.54) is 21.6 Å². The van der Waals surface area contributed by atoms with Gasteiger partial charge in [-0.05, 0) is 12.8 Å². The average molecular weight is 257 g/mol. The summed E-state index contributed by atoms with van der Waals surface area (Å²) in [6.45, 7) is 0. The van der Waals surface area contributed by atoms with Crippen molar-refractivity contribution in [2.24, 2.45) is 7.05 Å². The molecule has 1 saturated carbocycles. The fourth-order valence-corrected chi connectivity index (χ4v) is 3.74. The van der Waals surface area contributed by atoms with Crippen LogP contribution in [-0.4, -0.2) is 35.6 Å². The topological polar surface area (TPSA) is 55.2 Å². The lowest BCUT2D eigenvalue weighted by atomic mass is 9.96. The zero-order valence-corrected chi connectivity index (χ0v) is 11.2. The molecular formula is C11H19N3O2S. The van der Waals surface area contributed by atoms with Crippen LogP contribution in [0.1, 0.15) is 32.1 Å². The van der Waals surface area contributed by atoms with Crippen molar-refractivity contribution in [3.8, 4) is 0 Å². The lowest BCUT2D eigenvalue weighted by Gasteiger charge is -2.29. The lowest BCUT2D eigenvalue weighted by molar-refractivity contribution is 0.286. The standard InChI is InChI=1S/C11H19N3O2S/c1-13-9-11(8-12-13)17(15,16)14(2)10-6-4-3-5-7-10/h8-10H,3-7H2,1-2H3. The fraction of sp³-hybridized carbons (Fsp3) is 0.727. The largest absolute Gasteiger partial charge is 0.274 e. The van der Waals surface area contributed by atoms with Crippen molar-refractivity contribution in [2.45, 2.75) is 43.0 Å². The summed E-state index contributed by atoms with van der Waals surface area (Å²) in [4.78, 5) is 0.285. The maximum atomic E-state index is 12.3. The molecule has 0 aliphatic heterocycles. The molecule has 96 valence electrons. The highest BCUT2D eigenvalue weighted by molar-refractivity contribution is 7.89. The minimum absolute atomic E-state index is 0.147. The summed E-state index contributed by atoms with van der Waals surface area (Å²) >= 11 is 0. The molecule has 0 spiro atoms. The van der Waals surface area contributed by atoms with Crippen molar-refractivity contribution < 1.29 is 8.42 Å². The predicted octanol–water partition coefficient (Wildman–Crippen LogP) is 1.37. The van der Waals surface area contributed by atoms with E-state index in [-0.39, 0.29) is 10.9 Å². The van der Waals surface area contributed by atoms with Gasteiger partial charge in [0, 0.05) is 26.3 Å². The summed E-state index contributed by atoms with van der Waals surface area (Å²) in [7, 11) is 0.0330. The van der Waals surface area contributed by atoms with Crippen molar-refractivity contribution in [3.05, 3.63) is 12.4 Å². The molecule has 1 fully saturated rings. The first kappa shape index (κ1) is 12.6. The molecule has 1 aliphatic carbocycles. The number of hydrogen-bond donors (Lipinski definition) is 0. The second kappa shape index (κ2) is 4.78. The van der Waals surface area contributed by atoms with Crippen molar-refractivity contribution in [3.63, 3.8) is 0 Å². The van der Waals surface area contributed by atoms with Crippen LogP contribution in [-0.2, 0) is 17.1 Å². The van der Waals surface area contributed by atoms with Crippen LogP contribution in [0.4, 0.5) is 0 Å². The quantitative estimate of drug-likeness (QED) is 0.822. The van der Waals surface area contributed by atoms with Gasteiger partial charge in [-0.25, -0.2) is 8.42 Å². The van der Waals surface area contributed by atoms with E-state index in [0.717, 1.165) is 25.7 Å². The minimum Gasteiger partial charge on any atom is -0.274 e. The van der Waals surface area contributed by atoms with Gasteiger partial charge in [-0.2, -0.15) is 9.40 Å². The highest BCUT2D eigenvalue weighted by Gasteiger charge is 2.29. The Hall–Kier alpha value is -0.880. The summed E-state index contributed by atoms with van der Waals surface area (Å²) in [5.74, 6) is 0. The van der Waals surface area contributed by atoms with Crippen molar-refractivity contribution in [1.29, 1.82) is 0 Å². The molecule has 2 rings (SSSR count). The van der Waals surface area contributed by atoms with Gasteiger partial charge in [0.1, 0.15) is 4.90 Å². The normalized spacial score (nSPS) is 18.8. The van der Waals surface area contributed by atoms with Crippen molar-refractivity contribution in [2.75, 3.05) is 7.05 Å². The van der Waals surface area contributed by atoms with Crippen LogP contribution < -0.4 is 0 Å². The molecule has 1 heterocycles. The highest BCUT2D eigenvalue weighted by Crippen LogP contribution is 2.25. The second-order valence-corrected chi connectivity index (χ2v) is 6.66. The van der Waals surface area contributed by atoms with E-state index in [0.29, 0.717) is 0 Å². The van der Waals surface area contributed by atoms with Gasteiger partial charge in [0.2, 0.25) is 10.0 Å². The van der Waals surface area contributed by atoms with Crippen LogP contribution in [0.15, 0.2) is 17.3 Å². The minimum atomic E-state index is -3.37. The fourth-order valence-electron chi connectivity index (χ4n) is 2.34. The molecule has 1 aromatic heterocycles. The molecule has 5 nitrogen and oxygen atoms in total. The Labute approximate surface area is 102 Å². The molecule has 0 N–H and O–H groups in total. The molecule has 0 radical (unpaired) electrons. The van der Waals surface area contributed by atoms with Crippen LogP contribution in [0.25, 0.3) is 0 Å². The van der Waals surface area contributed by atoms with Crippen LogP contribution in [0.5, 0.6) is 0 Å². The maximum absolute atomic E-state index is 12.3. The van der Waals surface area contributed by atoms with E-state index in [1.54, 1.807) is 20.3 Å². The van der Waals surface area contributed by atoms with Crippen LogP contribution in [0.3, 0.4) is 0 Å². The first-order valence-corrected chi connectivity index (χ1v) is 7.42. The van der Waals surface area contributed by atoms with E-state index in [2.05, 4.69) is 5.10 Å². The van der Waals surface area contributed by atoms with Crippen LogP contribution in [0.2, 0.25) is 0 Å². The average Bonchev–Trinajstić information content (AvgIpc) is 2.77. The molecule has 0 aromatic carbocycles. The summed E-state index contributed by atoms with van der Waals surface area (Å²) in [6.07, 6.45) is 8.36. The van der Waals surface area contributed by atoms with E-state index in [4.69, 9.17) is 0 Å². The third-order valence-electron chi connectivity index (χ3n) is 3.45. The van der Waals surface area contributed by atoms with Crippen LogP contribution in [0, 0.1) is 0 Å². The number of sulfonamides is 1. The molecule has 1 aromatic rings. The summed E-state index contributed by atoms with van der Waals surface area (Å²) < 4.78 is 27.7. The third kappa shape index (κ3) is 2.52. The highest BCUT2D eigenvalue weighted by atomic mass is 32.2. The Kier molecular flexibility index (Phi) is 3.53. The maximum Gasteiger partial charge on any atom is 0.246 e. The number of rotatable bonds is 3. The van der Waals surface area contributed by atoms with E-state index in [1.807, 2.05) is 0 Å². The number of aryl methyl sites for hydroxylation is 1. The molecular weight excluding hydrogens is 238 g/mol. The zero-order valence-electron chi connectivity index (χ0n) is 10.3. The van der Waals surface area contributed by atoms with Crippen LogP contribution >= 0.6 is 0 Å². The molecule has 17 heavy (non-hydrogen) atoms. The Morgan fingerprint density at radius 3 is 2.53 bits per heavy atom. The van der Waals surface area contributed by atoms with Gasteiger partial charge in [0.25, 0.3) is 0 Å². The van der Waals surface area contributed by atoms with E-state index in [9.17, 15) is 8.42 Å². The Balaban J connectivity index is 2.20. The number of hydrogen-bond acceptors (Lipinski definition) is 3. The van der Waals surface area contributed by atoms with Gasteiger partial charge in [-0.1, -0.05) is 19.3 Å². The molecule has 1 aliphatic rings. The van der Waals surface area contributed by atoms with Gasteiger partial charge in [0.05, 0.1) is 6.20 Å². The molecule has 0 atom stereocenters. The van der Waals surface area contributed by atoms with Gasteiger partial charge in [-0.3, -0.25) is 4.68 Å². The Morgan fingerprint density at radius 1 is 1.35 bits per heavy atom. The van der Waals surface area contributed by atoms with Gasteiger partial charge in [-0.15, -0.1) is 0 Å². The summed E-state index contributed by atoms with van der Waals surface area (Å²) in [5, 5.41) is 3.92. The molecule has 0 unspecified atom stereocenters. The van der Waals surface area contributed by atoms with Gasteiger partial charge >= 0.3 is 0 Å². The molecule has 6 heteroatoms. The zero-order chi connectivity index (χ0) is 12.5. The Morgan fingerprint density at radius 2 is 2.00 bits per heavy atom. The first-order valence-electron chi connectivity index (χ1n) is 5.98. The third-order valence-corrected chi connectivity index (χ3v) is 5.31. The monoisotopic (exact) mass is 257 g/mol. The van der Waals surface area contributed by atoms with E-state index >= 15 is 0 Å². The Bertz CT molecular complexity index is 475. The summed E-state index contributed by atoms with van der Waals surface area (Å²) in [5.41, 5.74) is 0. The summed E-state index contributed by atoms with van der Waals surface area (Å²) in [6, 6.07) is 0.147. The van der Waals surface area contributed by atoms with Crippen molar-refractivity contribution in [1.82, 2.24) is 14.1 Å². The van der Waals surface area contributed by atoms with Crippen molar-refractivity contribution >= 4 is 10.0 Å². The van der Waals surface area contributed by atoms with E-state index < -0.39 is 10.0 Å².